The number of pyridine rings is 1. The summed E-state index contributed by atoms with van der Waals surface area (Å²) < 4.78 is 6.73. The maximum atomic E-state index is 9.35. The number of hydrogen-bond donors (Lipinski definition) is 2. The Labute approximate surface area is 71.2 Å². The van der Waals surface area contributed by atoms with Gasteiger partial charge in [-0.1, -0.05) is 0 Å². The molecule has 66 valence electrons. The van der Waals surface area contributed by atoms with Crippen molar-refractivity contribution in [2.45, 2.75) is 6.54 Å². The number of nitrogens with zero attached hydrogens (tertiary/aromatic N) is 1. The molecule has 3 N–H and O–H groups in total. The van der Waals surface area contributed by atoms with Crippen LogP contribution >= 0.6 is 0 Å². The molecule has 4 heteroatoms. The Kier molecular flexibility index (Phi) is 2.50. The third-order valence-electron chi connectivity index (χ3n) is 1.75. The molecule has 0 aliphatic carbocycles. The van der Waals surface area contributed by atoms with Crippen LogP contribution in [0.25, 0.3) is 0 Å². The van der Waals surface area contributed by atoms with Crippen LogP contribution in [0.1, 0.15) is 5.69 Å². The molecule has 0 unspecified atom stereocenters. The molecule has 0 fully saturated rings. The van der Waals surface area contributed by atoms with Gasteiger partial charge in [0.25, 0.3) is 0 Å². The van der Waals surface area contributed by atoms with Crippen LogP contribution < -0.4 is 15.0 Å². The van der Waals surface area contributed by atoms with E-state index >= 15 is 0 Å². The maximum Gasteiger partial charge on any atom is 0.225 e. The van der Waals surface area contributed by atoms with E-state index < -0.39 is 0 Å². The molecule has 0 aromatic carbocycles. The molecule has 1 aromatic heterocycles. The predicted octanol–water partition coefficient (Wildman–Crippen LogP) is -0.316. The van der Waals surface area contributed by atoms with E-state index in [4.69, 9.17) is 10.5 Å². The Morgan fingerprint density at radius 3 is 2.83 bits per heavy atom. The Hall–Kier alpha value is -1.29. The van der Waals surface area contributed by atoms with E-state index in [9.17, 15) is 5.11 Å². The number of aromatic hydroxyl groups is 1. The number of rotatable bonds is 2. The van der Waals surface area contributed by atoms with E-state index in [2.05, 4.69) is 0 Å². The van der Waals surface area contributed by atoms with Crippen molar-refractivity contribution in [1.82, 2.24) is 0 Å². The van der Waals surface area contributed by atoms with Crippen LogP contribution in [0.15, 0.2) is 12.3 Å². The van der Waals surface area contributed by atoms with E-state index in [-0.39, 0.29) is 5.75 Å². The van der Waals surface area contributed by atoms with Crippen molar-refractivity contribution in [2.75, 3.05) is 7.11 Å². The lowest BCUT2D eigenvalue weighted by Gasteiger charge is -2.02. The minimum Gasteiger partial charge on any atom is -0.504 e. The van der Waals surface area contributed by atoms with Crippen molar-refractivity contribution in [3.05, 3.63) is 18.0 Å². The predicted molar refractivity (Wildman–Crippen MR) is 43.7 cm³/mol. The molecule has 0 aliphatic rings. The summed E-state index contributed by atoms with van der Waals surface area (Å²) in [7, 11) is 3.36. The zero-order chi connectivity index (χ0) is 9.14. The summed E-state index contributed by atoms with van der Waals surface area (Å²) in [5, 5.41) is 9.35. The molecule has 4 nitrogen and oxygen atoms in total. The molecule has 0 atom stereocenters. The molecular weight excluding hydrogens is 156 g/mol. The summed E-state index contributed by atoms with van der Waals surface area (Å²) in [4.78, 5) is 0. The first-order valence-electron chi connectivity index (χ1n) is 3.64. The summed E-state index contributed by atoms with van der Waals surface area (Å²) in [6.45, 7) is 0.397. The molecule has 1 rings (SSSR count). The van der Waals surface area contributed by atoms with Gasteiger partial charge >= 0.3 is 0 Å². The third kappa shape index (κ3) is 1.48. The van der Waals surface area contributed by atoms with Gasteiger partial charge in [-0.05, 0) is 0 Å². The van der Waals surface area contributed by atoms with E-state index in [1.165, 1.54) is 7.11 Å². The zero-order valence-electron chi connectivity index (χ0n) is 7.24. The summed E-state index contributed by atoms with van der Waals surface area (Å²) >= 11 is 0. The van der Waals surface area contributed by atoms with Crippen LogP contribution in [0, 0.1) is 0 Å². The smallest absolute Gasteiger partial charge is 0.225 e. The lowest BCUT2D eigenvalue weighted by Crippen LogP contribution is -2.34. The van der Waals surface area contributed by atoms with Crippen molar-refractivity contribution < 1.29 is 14.4 Å². The van der Waals surface area contributed by atoms with E-state index in [0.29, 0.717) is 12.3 Å². The molecule has 1 aromatic rings. The molecule has 0 saturated carbocycles. The van der Waals surface area contributed by atoms with Crippen LogP contribution in [0.2, 0.25) is 0 Å². The van der Waals surface area contributed by atoms with Crippen LogP contribution in [0.4, 0.5) is 0 Å². The fraction of sp³-hybridized carbons (Fsp3) is 0.375. The molecule has 12 heavy (non-hydrogen) atoms. The topological polar surface area (TPSA) is 59.4 Å². The van der Waals surface area contributed by atoms with Crippen molar-refractivity contribution in [3.63, 3.8) is 0 Å². The van der Waals surface area contributed by atoms with Crippen molar-refractivity contribution >= 4 is 0 Å². The highest BCUT2D eigenvalue weighted by Crippen LogP contribution is 2.22. The first-order chi connectivity index (χ1) is 5.69. The van der Waals surface area contributed by atoms with Crippen molar-refractivity contribution in [1.29, 1.82) is 0 Å². The number of ether oxygens (including phenoxy) is 1. The average Bonchev–Trinajstić information content (AvgIpc) is 2.08. The number of methoxy groups -OCH3 is 1. The highest BCUT2D eigenvalue weighted by Gasteiger charge is 2.11. The zero-order valence-corrected chi connectivity index (χ0v) is 7.24. The summed E-state index contributed by atoms with van der Waals surface area (Å²) in [5.74, 6) is 0.575. The number of nitrogens with two attached hydrogens (primary N) is 1. The monoisotopic (exact) mass is 169 g/mol. The third-order valence-corrected chi connectivity index (χ3v) is 1.75. The molecule has 1 heterocycles. The highest BCUT2D eigenvalue weighted by atomic mass is 16.5. The molecule has 0 spiro atoms. The lowest BCUT2D eigenvalue weighted by molar-refractivity contribution is -0.679. The van der Waals surface area contributed by atoms with E-state index in [1.54, 1.807) is 12.3 Å². The first-order valence-corrected chi connectivity index (χ1v) is 3.64. The van der Waals surface area contributed by atoms with Crippen LogP contribution in [-0.2, 0) is 13.6 Å². The van der Waals surface area contributed by atoms with Gasteiger partial charge in [0.1, 0.15) is 7.05 Å². The fourth-order valence-electron chi connectivity index (χ4n) is 1.02. The molecule has 0 radical (unpaired) electrons. The first kappa shape index (κ1) is 8.80. The Morgan fingerprint density at radius 1 is 1.67 bits per heavy atom. The second-order valence-electron chi connectivity index (χ2n) is 2.53. The molecular formula is C8H13N2O2+. The molecule has 0 aliphatic heterocycles. The van der Waals surface area contributed by atoms with Crippen LogP contribution in [0.3, 0.4) is 0 Å². The second-order valence-corrected chi connectivity index (χ2v) is 2.53. The molecule has 0 saturated heterocycles. The Bertz CT molecular complexity index is 257. The Morgan fingerprint density at radius 2 is 2.33 bits per heavy atom. The minimum absolute atomic E-state index is 0.121. The largest absolute Gasteiger partial charge is 0.504 e. The van der Waals surface area contributed by atoms with Gasteiger partial charge in [-0.2, -0.15) is 0 Å². The van der Waals surface area contributed by atoms with Gasteiger partial charge in [0.15, 0.2) is 11.4 Å². The normalized spacial score (nSPS) is 9.92. The van der Waals surface area contributed by atoms with Crippen LogP contribution in [0.5, 0.6) is 11.5 Å². The summed E-state index contributed by atoms with van der Waals surface area (Å²) in [6.07, 6.45) is 1.69. The van der Waals surface area contributed by atoms with Gasteiger partial charge in [-0.3, -0.25) is 0 Å². The number of aromatic nitrogens is 1. The van der Waals surface area contributed by atoms with E-state index in [1.807, 2.05) is 11.6 Å². The van der Waals surface area contributed by atoms with Gasteiger partial charge in [0, 0.05) is 0 Å². The maximum absolute atomic E-state index is 9.35. The fourth-order valence-corrected chi connectivity index (χ4v) is 1.02. The van der Waals surface area contributed by atoms with Gasteiger partial charge in [-0.15, -0.1) is 0 Å². The van der Waals surface area contributed by atoms with E-state index in [0.717, 1.165) is 5.69 Å². The van der Waals surface area contributed by atoms with Gasteiger partial charge in [-0.25, -0.2) is 4.57 Å². The quantitative estimate of drug-likeness (QED) is 0.597. The molecule has 0 bridgehead atoms. The average molecular weight is 169 g/mol. The number of aryl methyl sites for hydroxylation is 1. The Balaban J connectivity index is 3.16. The van der Waals surface area contributed by atoms with Crippen molar-refractivity contribution in [3.8, 4) is 11.5 Å². The minimum atomic E-state index is 0.121. The van der Waals surface area contributed by atoms with Gasteiger partial charge in [0.05, 0.1) is 19.7 Å². The van der Waals surface area contributed by atoms with Gasteiger partial charge in [0.2, 0.25) is 11.9 Å². The SMILES string of the molecule is COc1c[n+](C)c(CN)cc1O. The second kappa shape index (κ2) is 3.40. The molecule has 0 amide bonds. The summed E-state index contributed by atoms with van der Waals surface area (Å²) in [6, 6.07) is 1.60. The number of hydrogen-bond acceptors (Lipinski definition) is 3. The van der Waals surface area contributed by atoms with Gasteiger partial charge < -0.3 is 15.6 Å². The van der Waals surface area contributed by atoms with Crippen LogP contribution in [-0.4, -0.2) is 12.2 Å². The highest BCUT2D eigenvalue weighted by molar-refractivity contribution is 5.34. The van der Waals surface area contributed by atoms with Crippen molar-refractivity contribution in [2.24, 2.45) is 12.8 Å². The lowest BCUT2D eigenvalue weighted by atomic mass is 10.3. The standard InChI is InChI=1S/C8H12N2O2/c1-10-5-8(12-2)7(11)3-6(10)4-9/h3,5H,4,9H2,1-2H3/p+1. The summed E-state index contributed by atoms with van der Waals surface area (Å²) in [5.41, 5.74) is 6.29.